The van der Waals surface area contributed by atoms with Gasteiger partial charge in [0.25, 0.3) is 0 Å². The average Bonchev–Trinajstić information content (AvgIpc) is 2.90. The molecule has 0 spiro atoms. The van der Waals surface area contributed by atoms with Crippen LogP contribution in [-0.4, -0.2) is 23.7 Å². The quantitative estimate of drug-likeness (QED) is 0.429. The smallest absolute Gasteiger partial charge is 0.406 e. The van der Waals surface area contributed by atoms with E-state index >= 15 is 0 Å². The Kier molecular flexibility index (Phi) is 6.72. The number of alkyl halides is 8. The molecule has 0 aliphatic rings. The van der Waals surface area contributed by atoms with Gasteiger partial charge in [-0.05, 0) is 52.7 Å². The van der Waals surface area contributed by atoms with E-state index in [0.29, 0.717) is 4.57 Å². The minimum atomic E-state index is -5.98. The van der Waals surface area contributed by atoms with E-state index in [-0.39, 0.29) is 12.2 Å². The predicted molar refractivity (Wildman–Crippen MR) is 90.5 cm³/mol. The highest BCUT2D eigenvalue weighted by Gasteiger charge is 2.62. The van der Waals surface area contributed by atoms with Gasteiger partial charge in [-0.15, -0.1) is 13.2 Å². The molecule has 164 valence electrons. The summed E-state index contributed by atoms with van der Waals surface area (Å²) in [5, 5.41) is 9.37. The molecular weight excluding hydrogens is 496 g/mol. The molecule has 0 aliphatic carbocycles. The maximum atomic E-state index is 14.2. The third-order valence-electron chi connectivity index (χ3n) is 3.76. The van der Waals surface area contributed by atoms with Crippen LogP contribution >= 0.6 is 15.9 Å². The fraction of sp³-hybridized carbons (Fsp3) is 0.353. The number of rotatable bonds is 6. The second-order valence-electron chi connectivity index (χ2n) is 5.69. The van der Waals surface area contributed by atoms with Gasteiger partial charge in [-0.25, -0.2) is 0 Å². The fourth-order valence-electron chi connectivity index (χ4n) is 2.56. The highest BCUT2D eigenvalue weighted by molar-refractivity contribution is 9.10. The molecule has 4 nitrogen and oxygen atoms in total. The molecule has 1 aromatic carbocycles. The first-order valence-corrected chi connectivity index (χ1v) is 8.74. The SMILES string of the molecule is CCOCn1c(-c2ccc(OC(F)(F)F)cc2)c(C#N)c(Br)c1C(F)(F)C(F)(F)F. The predicted octanol–water partition coefficient (Wildman–Crippen LogP) is 6.34. The van der Waals surface area contributed by atoms with Crippen LogP contribution in [0.2, 0.25) is 0 Å². The Labute approximate surface area is 172 Å². The van der Waals surface area contributed by atoms with Gasteiger partial charge in [0.2, 0.25) is 0 Å². The van der Waals surface area contributed by atoms with Gasteiger partial charge in [0.15, 0.2) is 0 Å². The van der Waals surface area contributed by atoms with Crippen LogP contribution in [0.25, 0.3) is 11.3 Å². The highest BCUT2D eigenvalue weighted by Crippen LogP contribution is 2.50. The number of nitriles is 1. The molecule has 2 aromatic rings. The zero-order chi connectivity index (χ0) is 22.9. The molecule has 0 amide bonds. The van der Waals surface area contributed by atoms with E-state index in [4.69, 9.17) is 4.74 Å². The maximum absolute atomic E-state index is 14.2. The van der Waals surface area contributed by atoms with Gasteiger partial charge in [0.05, 0.1) is 15.7 Å². The minimum absolute atomic E-state index is 0.0491. The van der Waals surface area contributed by atoms with Crippen molar-refractivity contribution in [3.05, 3.63) is 40.0 Å². The van der Waals surface area contributed by atoms with Gasteiger partial charge in [0, 0.05) is 6.61 Å². The molecule has 0 aliphatic heterocycles. The number of hydrogen-bond donors (Lipinski definition) is 0. The van der Waals surface area contributed by atoms with E-state index in [9.17, 15) is 40.4 Å². The van der Waals surface area contributed by atoms with Crippen LogP contribution in [-0.2, 0) is 17.4 Å². The van der Waals surface area contributed by atoms with E-state index in [1.165, 1.54) is 6.92 Å². The van der Waals surface area contributed by atoms with Crippen LogP contribution in [0.3, 0.4) is 0 Å². The number of hydrogen-bond acceptors (Lipinski definition) is 3. The minimum Gasteiger partial charge on any atom is -0.406 e. The molecule has 0 saturated heterocycles. The van der Waals surface area contributed by atoms with Crippen molar-refractivity contribution in [1.82, 2.24) is 4.57 Å². The van der Waals surface area contributed by atoms with Crippen LogP contribution in [0.5, 0.6) is 5.75 Å². The first-order chi connectivity index (χ1) is 13.7. The lowest BCUT2D eigenvalue weighted by Crippen LogP contribution is -2.36. The van der Waals surface area contributed by atoms with Gasteiger partial charge in [-0.3, -0.25) is 0 Å². The number of halogens is 9. The van der Waals surface area contributed by atoms with Crippen molar-refractivity contribution in [2.45, 2.75) is 32.1 Å². The Morgan fingerprint density at radius 2 is 1.60 bits per heavy atom. The van der Waals surface area contributed by atoms with Crippen molar-refractivity contribution in [2.24, 2.45) is 0 Å². The highest BCUT2D eigenvalue weighted by atomic mass is 79.9. The normalized spacial score (nSPS) is 12.7. The molecule has 0 bridgehead atoms. The van der Waals surface area contributed by atoms with Gasteiger partial charge in [-0.1, -0.05) is 0 Å². The summed E-state index contributed by atoms with van der Waals surface area (Å²) in [4.78, 5) is 0. The summed E-state index contributed by atoms with van der Waals surface area (Å²) in [6.45, 7) is 0.648. The Hall–Kier alpha value is -2.33. The van der Waals surface area contributed by atoms with Crippen molar-refractivity contribution < 1.29 is 44.6 Å². The van der Waals surface area contributed by atoms with Crippen LogP contribution in [0.1, 0.15) is 18.2 Å². The Morgan fingerprint density at radius 1 is 1.03 bits per heavy atom. The molecule has 0 unspecified atom stereocenters. The topological polar surface area (TPSA) is 47.2 Å². The van der Waals surface area contributed by atoms with E-state index in [2.05, 4.69) is 20.7 Å². The van der Waals surface area contributed by atoms with E-state index in [1.807, 2.05) is 0 Å². The van der Waals surface area contributed by atoms with Gasteiger partial charge in [0.1, 0.15) is 24.2 Å². The molecule has 0 fully saturated rings. The van der Waals surface area contributed by atoms with Crippen LogP contribution < -0.4 is 4.74 Å². The largest absolute Gasteiger partial charge is 0.573 e. The summed E-state index contributed by atoms with van der Waals surface area (Å²) in [6, 6.07) is 5.18. The summed E-state index contributed by atoms with van der Waals surface area (Å²) in [5.41, 5.74) is -2.63. The van der Waals surface area contributed by atoms with Crippen LogP contribution in [0.15, 0.2) is 28.7 Å². The van der Waals surface area contributed by atoms with Gasteiger partial charge in [-0.2, -0.15) is 27.2 Å². The molecule has 1 heterocycles. The molecule has 0 N–H and O–H groups in total. The maximum Gasteiger partial charge on any atom is 0.573 e. The Bertz CT molecular complexity index is 943. The molecule has 0 radical (unpaired) electrons. The number of aromatic nitrogens is 1. The van der Waals surface area contributed by atoms with Crippen LogP contribution in [0, 0.1) is 11.3 Å². The standard InChI is InChI=1S/C17H11BrF8N2O2/c1-2-29-8-28-13(9-3-5-10(6-4-9)30-17(24,25)26)11(7-27)12(18)14(28)15(19,20)16(21,22)23/h3-6H,2,8H2,1H3. The van der Waals surface area contributed by atoms with E-state index < -0.39 is 52.4 Å². The van der Waals surface area contributed by atoms with Crippen molar-refractivity contribution >= 4 is 15.9 Å². The van der Waals surface area contributed by atoms with E-state index in [0.717, 1.165) is 24.3 Å². The fourth-order valence-corrected chi connectivity index (χ4v) is 3.30. The van der Waals surface area contributed by atoms with Crippen molar-refractivity contribution in [3.8, 4) is 23.1 Å². The van der Waals surface area contributed by atoms with Crippen LogP contribution in [0.4, 0.5) is 35.1 Å². The molecule has 2 rings (SSSR count). The van der Waals surface area contributed by atoms with Crippen molar-refractivity contribution in [2.75, 3.05) is 6.61 Å². The average molecular weight is 507 g/mol. The van der Waals surface area contributed by atoms with Crippen molar-refractivity contribution in [3.63, 3.8) is 0 Å². The molecule has 30 heavy (non-hydrogen) atoms. The molecule has 1 aromatic heterocycles. The Balaban J connectivity index is 2.73. The molecule has 0 atom stereocenters. The summed E-state index contributed by atoms with van der Waals surface area (Å²) in [5.74, 6) is -6.00. The van der Waals surface area contributed by atoms with Gasteiger partial charge < -0.3 is 14.0 Å². The first-order valence-electron chi connectivity index (χ1n) is 7.95. The number of nitrogens with zero attached hydrogens (tertiary/aromatic N) is 2. The second-order valence-corrected chi connectivity index (χ2v) is 6.49. The lowest BCUT2D eigenvalue weighted by molar-refractivity contribution is -0.292. The number of benzene rings is 1. The monoisotopic (exact) mass is 506 g/mol. The third kappa shape index (κ3) is 4.70. The van der Waals surface area contributed by atoms with Crippen molar-refractivity contribution in [1.29, 1.82) is 5.26 Å². The summed E-state index contributed by atoms with van der Waals surface area (Å²) >= 11 is 2.63. The summed E-state index contributed by atoms with van der Waals surface area (Å²) in [7, 11) is 0. The second kappa shape index (κ2) is 8.43. The molecular formula is C17H11BrF8N2O2. The van der Waals surface area contributed by atoms with E-state index in [1.54, 1.807) is 6.07 Å². The number of ether oxygens (including phenoxy) is 2. The summed E-state index contributed by atoms with van der Waals surface area (Å²) < 4.78 is 113. The third-order valence-corrected chi connectivity index (χ3v) is 4.53. The zero-order valence-corrected chi connectivity index (χ0v) is 16.4. The van der Waals surface area contributed by atoms with Gasteiger partial charge >= 0.3 is 18.5 Å². The lowest BCUT2D eigenvalue weighted by atomic mass is 10.1. The lowest BCUT2D eigenvalue weighted by Gasteiger charge is -2.23. The molecule has 0 saturated carbocycles. The first kappa shape index (κ1) is 23.9. The Morgan fingerprint density at radius 3 is 2.03 bits per heavy atom. The molecule has 13 heteroatoms. The zero-order valence-electron chi connectivity index (χ0n) is 14.8. The summed E-state index contributed by atoms with van der Waals surface area (Å²) in [6.07, 6.45) is -11.0.